The Morgan fingerprint density at radius 1 is 1.29 bits per heavy atom. The van der Waals surface area contributed by atoms with Crippen LogP contribution in [0.25, 0.3) is 11.2 Å². The summed E-state index contributed by atoms with van der Waals surface area (Å²) in [6, 6.07) is 0.263. The van der Waals surface area contributed by atoms with Crippen molar-refractivity contribution < 1.29 is 9.84 Å². The van der Waals surface area contributed by atoms with Crippen LogP contribution in [0.2, 0.25) is 0 Å². The molecule has 2 heterocycles. The number of aryl methyl sites for hydroxylation is 1. The molecular formula is C19H29N5O4. The summed E-state index contributed by atoms with van der Waals surface area (Å²) in [6.07, 6.45) is 6.37. The van der Waals surface area contributed by atoms with Crippen LogP contribution in [0.4, 0.5) is 5.95 Å². The van der Waals surface area contributed by atoms with Crippen LogP contribution in [0, 0.1) is 0 Å². The smallest absolute Gasteiger partial charge is 0.332 e. The fourth-order valence-electron chi connectivity index (χ4n) is 3.71. The van der Waals surface area contributed by atoms with Crippen molar-refractivity contribution >= 4 is 17.1 Å². The molecule has 1 saturated carbocycles. The first kappa shape index (κ1) is 20.3. The highest BCUT2D eigenvalue weighted by Crippen LogP contribution is 2.23. The number of aliphatic hydroxyl groups is 1. The lowest BCUT2D eigenvalue weighted by Gasteiger charge is -2.24. The van der Waals surface area contributed by atoms with Gasteiger partial charge in [-0.05, 0) is 12.8 Å². The van der Waals surface area contributed by atoms with Gasteiger partial charge in [0, 0.05) is 20.1 Å². The number of aromatic nitrogens is 4. The Balaban J connectivity index is 2.02. The molecule has 1 atom stereocenters. The minimum absolute atomic E-state index is 0.112. The van der Waals surface area contributed by atoms with E-state index in [2.05, 4.69) is 16.9 Å². The minimum Gasteiger partial charge on any atom is -0.389 e. The van der Waals surface area contributed by atoms with E-state index < -0.39 is 17.4 Å². The number of nitrogens with one attached hydrogen (secondary N) is 1. The summed E-state index contributed by atoms with van der Waals surface area (Å²) >= 11 is 0. The molecule has 1 aliphatic rings. The van der Waals surface area contributed by atoms with Crippen LogP contribution < -0.4 is 16.6 Å². The highest BCUT2D eigenvalue weighted by atomic mass is 16.5. The third-order valence-electron chi connectivity index (χ3n) is 5.23. The van der Waals surface area contributed by atoms with Gasteiger partial charge >= 0.3 is 5.69 Å². The molecule has 0 aromatic carbocycles. The van der Waals surface area contributed by atoms with Gasteiger partial charge in [-0.25, -0.2) is 4.79 Å². The average molecular weight is 391 g/mol. The van der Waals surface area contributed by atoms with Gasteiger partial charge in [-0.2, -0.15) is 4.98 Å². The first-order valence-corrected chi connectivity index (χ1v) is 9.73. The third-order valence-corrected chi connectivity index (χ3v) is 5.23. The monoisotopic (exact) mass is 391 g/mol. The molecular weight excluding hydrogens is 362 g/mol. The average Bonchev–Trinajstić information content (AvgIpc) is 3.03. The lowest BCUT2D eigenvalue weighted by Crippen LogP contribution is -2.38. The molecule has 9 nitrogen and oxygen atoms in total. The van der Waals surface area contributed by atoms with Crippen molar-refractivity contribution in [1.82, 2.24) is 18.7 Å². The van der Waals surface area contributed by atoms with E-state index in [-0.39, 0.29) is 19.2 Å². The van der Waals surface area contributed by atoms with Crippen LogP contribution in [0.15, 0.2) is 22.2 Å². The summed E-state index contributed by atoms with van der Waals surface area (Å²) in [5.41, 5.74) is -0.251. The van der Waals surface area contributed by atoms with Gasteiger partial charge < -0.3 is 19.7 Å². The molecule has 2 N–H and O–H groups in total. The van der Waals surface area contributed by atoms with Gasteiger partial charge in [0.1, 0.15) is 0 Å². The summed E-state index contributed by atoms with van der Waals surface area (Å²) in [6.45, 7) is 4.17. The number of fused-ring (bicyclic) bond motifs is 1. The number of hydrogen-bond acceptors (Lipinski definition) is 6. The van der Waals surface area contributed by atoms with Crippen molar-refractivity contribution in [3.05, 3.63) is 33.5 Å². The van der Waals surface area contributed by atoms with E-state index in [0.29, 0.717) is 23.7 Å². The summed E-state index contributed by atoms with van der Waals surface area (Å²) < 4.78 is 9.43. The van der Waals surface area contributed by atoms with Crippen molar-refractivity contribution in [3.63, 3.8) is 0 Å². The van der Waals surface area contributed by atoms with Crippen molar-refractivity contribution in [3.8, 4) is 0 Å². The summed E-state index contributed by atoms with van der Waals surface area (Å²) in [4.78, 5) is 29.6. The van der Waals surface area contributed by atoms with Crippen LogP contribution in [0.1, 0.15) is 32.1 Å². The van der Waals surface area contributed by atoms with E-state index in [4.69, 9.17) is 4.74 Å². The Hall–Kier alpha value is -2.39. The van der Waals surface area contributed by atoms with Crippen molar-refractivity contribution in [2.45, 2.75) is 50.8 Å². The number of hydrogen-bond donors (Lipinski definition) is 2. The molecule has 1 aliphatic carbocycles. The maximum absolute atomic E-state index is 12.8. The minimum atomic E-state index is -0.828. The molecule has 0 saturated heterocycles. The number of anilines is 1. The van der Waals surface area contributed by atoms with E-state index >= 15 is 0 Å². The number of nitrogens with zero attached hydrogens (tertiary/aromatic N) is 4. The Kier molecular flexibility index (Phi) is 6.35. The molecule has 154 valence electrons. The molecule has 3 rings (SSSR count). The fourth-order valence-corrected chi connectivity index (χ4v) is 3.71. The molecule has 0 bridgehead atoms. The van der Waals surface area contributed by atoms with E-state index in [1.54, 1.807) is 17.7 Å². The molecule has 28 heavy (non-hydrogen) atoms. The van der Waals surface area contributed by atoms with Crippen molar-refractivity contribution in [1.29, 1.82) is 0 Å². The highest BCUT2D eigenvalue weighted by Gasteiger charge is 2.23. The third kappa shape index (κ3) is 4.05. The number of aliphatic hydroxyl groups excluding tert-OH is 1. The van der Waals surface area contributed by atoms with Crippen molar-refractivity contribution in [2.75, 3.05) is 18.5 Å². The second kappa shape index (κ2) is 8.74. The van der Waals surface area contributed by atoms with Gasteiger partial charge in [0.2, 0.25) is 5.95 Å². The van der Waals surface area contributed by atoms with Gasteiger partial charge in [-0.15, -0.1) is 6.58 Å². The van der Waals surface area contributed by atoms with E-state index in [1.807, 2.05) is 0 Å². The zero-order valence-electron chi connectivity index (χ0n) is 16.6. The predicted octanol–water partition coefficient (Wildman–Crippen LogP) is 0.742. The zero-order valence-corrected chi connectivity index (χ0v) is 16.6. The SMILES string of the molecule is C=CCOCC(O)Cn1c(NC2CCCCC2)nc2c1c(=O)n(C)c(=O)n2C. The summed E-state index contributed by atoms with van der Waals surface area (Å²) in [7, 11) is 3.04. The topological polar surface area (TPSA) is 103 Å². The number of rotatable bonds is 8. The second-order valence-electron chi connectivity index (χ2n) is 7.38. The molecule has 0 spiro atoms. The Morgan fingerprint density at radius 3 is 2.68 bits per heavy atom. The number of imidazole rings is 1. The first-order valence-electron chi connectivity index (χ1n) is 9.73. The lowest BCUT2D eigenvalue weighted by atomic mass is 9.96. The van der Waals surface area contributed by atoms with Gasteiger partial charge in [0.15, 0.2) is 11.2 Å². The van der Waals surface area contributed by atoms with Crippen LogP contribution in [-0.4, -0.2) is 49.2 Å². The van der Waals surface area contributed by atoms with Crippen LogP contribution >= 0.6 is 0 Å². The zero-order chi connectivity index (χ0) is 20.3. The molecule has 1 unspecified atom stereocenters. The maximum Gasteiger partial charge on any atom is 0.332 e. The molecule has 0 aliphatic heterocycles. The predicted molar refractivity (Wildman–Crippen MR) is 108 cm³/mol. The van der Waals surface area contributed by atoms with Crippen LogP contribution in [0.3, 0.4) is 0 Å². The maximum atomic E-state index is 12.8. The first-order chi connectivity index (χ1) is 13.4. The quantitative estimate of drug-likeness (QED) is 0.508. The van der Waals surface area contributed by atoms with Gasteiger partial charge in [0.05, 0.1) is 25.9 Å². The van der Waals surface area contributed by atoms with E-state index in [1.165, 1.54) is 18.0 Å². The second-order valence-corrected chi connectivity index (χ2v) is 7.38. The summed E-state index contributed by atoms with van der Waals surface area (Å²) in [5.74, 6) is 0.503. The van der Waals surface area contributed by atoms with Gasteiger partial charge in [-0.3, -0.25) is 13.9 Å². The number of ether oxygens (including phenoxy) is 1. The van der Waals surface area contributed by atoms with Gasteiger partial charge in [-0.1, -0.05) is 25.3 Å². The highest BCUT2D eigenvalue weighted by molar-refractivity contribution is 5.74. The van der Waals surface area contributed by atoms with E-state index in [0.717, 1.165) is 30.3 Å². The van der Waals surface area contributed by atoms with Crippen molar-refractivity contribution in [2.24, 2.45) is 14.1 Å². The van der Waals surface area contributed by atoms with Crippen LogP contribution in [-0.2, 0) is 25.4 Å². The lowest BCUT2D eigenvalue weighted by molar-refractivity contribution is 0.0405. The fraction of sp³-hybridized carbons (Fsp3) is 0.632. The largest absolute Gasteiger partial charge is 0.389 e. The van der Waals surface area contributed by atoms with Gasteiger partial charge in [0.25, 0.3) is 5.56 Å². The standard InChI is InChI=1S/C19H29N5O4/c1-4-10-28-12-14(25)11-24-15-16(22(2)19(27)23(3)17(15)26)21-18(24)20-13-8-6-5-7-9-13/h4,13-14,25H,1,5-12H2,2-3H3,(H,20,21). The molecule has 1 fully saturated rings. The normalized spacial score (nSPS) is 16.4. The molecule has 0 radical (unpaired) electrons. The molecule has 2 aromatic rings. The Bertz CT molecular complexity index is 952. The summed E-state index contributed by atoms with van der Waals surface area (Å²) in [5, 5.41) is 13.8. The van der Waals surface area contributed by atoms with E-state index in [9.17, 15) is 14.7 Å². The molecule has 9 heteroatoms. The molecule has 0 amide bonds. The Labute approximate surface area is 163 Å². The van der Waals surface area contributed by atoms with Crippen LogP contribution in [0.5, 0.6) is 0 Å². The molecule has 2 aromatic heterocycles. The Morgan fingerprint density at radius 2 is 2.00 bits per heavy atom.